The van der Waals surface area contributed by atoms with Crippen molar-refractivity contribution in [3.05, 3.63) is 65.2 Å². The molecule has 3 heteroatoms. The van der Waals surface area contributed by atoms with Gasteiger partial charge in [-0.25, -0.2) is 9.78 Å². The number of carbonyl (C=O) groups is 1. The predicted octanol–water partition coefficient (Wildman–Crippen LogP) is 4.31. The van der Waals surface area contributed by atoms with Gasteiger partial charge in [0.15, 0.2) is 0 Å². The summed E-state index contributed by atoms with van der Waals surface area (Å²) in [5.41, 5.74) is 5.40. The van der Waals surface area contributed by atoms with E-state index in [9.17, 15) is 4.79 Å². The zero-order chi connectivity index (χ0) is 15.7. The van der Waals surface area contributed by atoms with Crippen molar-refractivity contribution in [1.82, 2.24) is 4.98 Å². The minimum atomic E-state index is -0.340. The van der Waals surface area contributed by atoms with Crippen LogP contribution in [0.5, 0.6) is 0 Å². The second kappa shape index (κ2) is 5.60. The zero-order valence-electron chi connectivity index (χ0n) is 12.9. The number of hydrogen-bond donors (Lipinski definition) is 0. The zero-order valence-corrected chi connectivity index (χ0v) is 12.9. The Bertz CT molecular complexity index is 854. The summed E-state index contributed by atoms with van der Waals surface area (Å²) < 4.78 is 4.94. The van der Waals surface area contributed by atoms with Gasteiger partial charge in [-0.05, 0) is 31.0 Å². The molecule has 0 N–H and O–H groups in total. The van der Waals surface area contributed by atoms with Gasteiger partial charge >= 0.3 is 5.97 Å². The maximum Gasteiger partial charge on any atom is 0.338 e. The molecule has 0 fully saturated rings. The first-order valence-corrected chi connectivity index (χ1v) is 7.16. The highest BCUT2D eigenvalue weighted by Crippen LogP contribution is 2.28. The molecule has 0 saturated carbocycles. The number of rotatable bonds is 2. The molecule has 0 aliphatic rings. The number of nitrogens with zero attached hydrogens (tertiary/aromatic N) is 1. The van der Waals surface area contributed by atoms with E-state index in [2.05, 4.69) is 0 Å². The number of pyridine rings is 1. The van der Waals surface area contributed by atoms with Gasteiger partial charge < -0.3 is 4.74 Å². The minimum Gasteiger partial charge on any atom is -0.465 e. The first-order chi connectivity index (χ1) is 10.6. The van der Waals surface area contributed by atoms with E-state index in [4.69, 9.17) is 9.72 Å². The maximum absolute atomic E-state index is 12.2. The third-order valence-electron chi connectivity index (χ3n) is 3.98. The van der Waals surface area contributed by atoms with E-state index >= 15 is 0 Å². The number of hydrogen-bond acceptors (Lipinski definition) is 3. The summed E-state index contributed by atoms with van der Waals surface area (Å²) >= 11 is 0. The first-order valence-electron chi connectivity index (χ1n) is 7.16. The Morgan fingerprint density at radius 2 is 1.77 bits per heavy atom. The molecular formula is C19H17NO2. The molecule has 3 aromatic rings. The Morgan fingerprint density at radius 1 is 1.05 bits per heavy atom. The van der Waals surface area contributed by atoms with Gasteiger partial charge in [0, 0.05) is 10.9 Å². The molecule has 3 nitrogen and oxygen atoms in total. The van der Waals surface area contributed by atoms with Gasteiger partial charge in [0.05, 0.1) is 23.9 Å². The van der Waals surface area contributed by atoms with Crippen molar-refractivity contribution >= 4 is 16.9 Å². The number of carbonyl (C=O) groups excluding carboxylic acids is 1. The van der Waals surface area contributed by atoms with Crippen molar-refractivity contribution < 1.29 is 9.53 Å². The van der Waals surface area contributed by atoms with Gasteiger partial charge in [0.2, 0.25) is 0 Å². The number of ether oxygens (including phenoxy) is 1. The van der Waals surface area contributed by atoms with E-state index in [1.165, 1.54) is 7.11 Å². The highest BCUT2D eigenvalue weighted by Gasteiger charge is 2.16. The summed E-state index contributed by atoms with van der Waals surface area (Å²) in [6.45, 7) is 4.07. The molecule has 110 valence electrons. The fourth-order valence-corrected chi connectivity index (χ4v) is 2.57. The topological polar surface area (TPSA) is 39.2 Å². The molecule has 0 unspecified atom stereocenters. The summed E-state index contributed by atoms with van der Waals surface area (Å²) in [5.74, 6) is -0.340. The highest BCUT2D eigenvalue weighted by atomic mass is 16.5. The molecule has 0 saturated heterocycles. The molecule has 0 aliphatic heterocycles. The maximum atomic E-state index is 12.2. The lowest BCUT2D eigenvalue weighted by Crippen LogP contribution is -2.05. The van der Waals surface area contributed by atoms with Crippen molar-refractivity contribution in [2.75, 3.05) is 7.11 Å². The molecule has 3 rings (SSSR count). The van der Waals surface area contributed by atoms with E-state index in [-0.39, 0.29) is 5.97 Å². The summed E-state index contributed by atoms with van der Waals surface area (Å²) in [4.78, 5) is 16.9. The molecule has 22 heavy (non-hydrogen) atoms. The number of aromatic nitrogens is 1. The van der Waals surface area contributed by atoms with Gasteiger partial charge in [0.25, 0.3) is 0 Å². The van der Waals surface area contributed by atoms with E-state index in [0.717, 1.165) is 33.3 Å². The Balaban J connectivity index is 2.36. The van der Waals surface area contributed by atoms with Crippen LogP contribution < -0.4 is 0 Å². The van der Waals surface area contributed by atoms with Gasteiger partial charge in [-0.2, -0.15) is 0 Å². The Labute approximate surface area is 129 Å². The smallest absolute Gasteiger partial charge is 0.338 e. The molecule has 0 bridgehead atoms. The van der Waals surface area contributed by atoms with Crippen LogP contribution in [0.4, 0.5) is 0 Å². The monoisotopic (exact) mass is 291 g/mol. The summed E-state index contributed by atoms with van der Waals surface area (Å²) in [5, 5.41) is 0.828. The lowest BCUT2D eigenvalue weighted by molar-refractivity contribution is 0.0603. The van der Waals surface area contributed by atoms with E-state index < -0.39 is 0 Å². The first kappa shape index (κ1) is 14.3. The molecule has 0 spiro atoms. The number of esters is 1. The SMILES string of the molecule is COC(=O)c1cc(-c2ccccc2)nc2c(C)c(C)ccc12. The molecular weight excluding hydrogens is 274 g/mol. The summed E-state index contributed by atoms with van der Waals surface area (Å²) in [6, 6.07) is 15.6. The normalized spacial score (nSPS) is 10.7. The molecule has 0 amide bonds. The van der Waals surface area contributed by atoms with Crippen LogP contribution in [0.15, 0.2) is 48.5 Å². The number of benzene rings is 2. The summed E-state index contributed by atoms with van der Waals surface area (Å²) in [7, 11) is 1.40. The average Bonchev–Trinajstić information content (AvgIpc) is 2.57. The Kier molecular flexibility index (Phi) is 3.63. The van der Waals surface area contributed by atoms with Crippen molar-refractivity contribution in [3.8, 4) is 11.3 Å². The Hall–Kier alpha value is -2.68. The third kappa shape index (κ3) is 2.35. The number of methoxy groups -OCH3 is 1. The largest absolute Gasteiger partial charge is 0.465 e. The van der Waals surface area contributed by atoms with Crippen molar-refractivity contribution in [2.45, 2.75) is 13.8 Å². The van der Waals surface area contributed by atoms with Crippen LogP contribution in [0.3, 0.4) is 0 Å². The van der Waals surface area contributed by atoms with Crippen LogP contribution in [0, 0.1) is 13.8 Å². The fourth-order valence-electron chi connectivity index (χ4n) is 2.57. The molecule has 2 aromatic carbocycles. The third-order valence-corrected chi connectivity index (χ3v) is 3.98. The van der Waals surface area contributed by atoms with Gasteiger partial charge in [0.1, 0.15) is 0 Å². The average molecular weight is 291 g/mol. The predicted molar refractivity (Wildman–Crippen MR) is 88.0 cm³/mol. The van der Waals surface area contributed by atoms with Crippen LogP contribution in [-0.2, 0) is 4.74 Å². The molecule has 0 radical (unpaired) electrons. The van der Waals surface area contributed by atoms with Gasteiger partial charge in [-0.1, -0.05) is 42.5 Å². The summed E-state index contributed by atoms with van der Waals surface area (Å²) in [6.07, 6.45) is 0. The van der Waals surface area contributed by atoms with E-state index in [1.54, 1.807) is 6.07 Å². The highest BCUT2D eigenvalue weighted by molar-refractivity contribution is 6.05. The standard InChI is InChI=1S/C19H17NO2/c1-12-9-10-15-16(19(21)22-3)11-17(20-18(15)13(12)2)14-7-5-4-6-8-14/h4-11H,1-3H3. The van der Waals surface area contributed by atoms with Crippen molar-refractivity contribution in [1.29, 1.82) is 0 Å². The van der Waals surface area contributed by atoms with Crippen molar-refractivity contribution in [3.63, 3.8) is 0 Å². The molecule has 0 atom stereocenters. The van der Waals surface area contributed by atoms with Crippen LogP contribution in [0.2, 0.25) is 0 Å². The second-order valence-electron chi connectivity index (χ2n) is 5.32. The van der Waals surface area contributed by atoms with E-state index in [1.807, 2.05) is 56.3 Å². The molecule has 1 heterocycles. The van der Waals surface area contributed by atoms with Crippen LogP contribution in [0.1, 0.15) is 21.5 Å². The van der Waals surface area contributed by atoms with Crippen LogP contribution in [-0.4, -0.2) is 18.1 Å². The van der Waals surface area contributed by atoms with Gasteiger partial charge in [-0.3, -0.25) is 0 Å². The van der Waals surface area contributed by atoms with E-state index in [0.29, 0.717) is 5.56 Å². The number of aryl methyl sites for hydroxylation is 2. The minimum absolute atomic E-state index is 0.340. The molecule has 1 aromatic heterocycles. The lowest BCUT2D eigenvalue weighted by atomic mass is 9.99. The van der Waals surface area contributed by atoms with Crippen LogP contribution in [0.25, 0.3) is 22.2 Å². The lowest BCUT2D eigenvalue weighted by Gasteiger charge is -2.11. The van der Waals surface area contributed by atoms with Gasteiger partial charge in [-0.15, -0.1) is 0 Å². The van der Waals surface area contributed by atoms with Crippen LogP contribution >= 0.6 is 0 Å². The molecule has 0 aliphatic carbocycles. The Morgan fingerprint density at radius 3 is 2.45 bits per heavy atom. The van der Waals surface area contributed by atoms with Crippen molar-refractivity contribution in [2.24, 2.45) is 0 Å². The quantitative estimate of drug-likeness (QED) is 0.661. The fraction of sp³-hybridized carbons (Fsp3) is 0.158. The number of fused-ring (bicyclic) bond motifs is 1. The second-order valence-corrected chi connectivity index (χ2v) is 5.32.